The average Bonchev–Trinajstić information content (AvgIpc) is 3.19. The first-order chi connectivity index (χ1) is 17.4. The Hall–Kier alpha value is -3.99. The molecule has 0 radical (unpaired) electrons. The monoisotopic (exact) mass is 522 g/mol. The summed E-state index contributed by atoms with van der Waals surface area (Å²) in [5.41, 5.74) is 3.47. The van der Waals surface area contributed by atoms with Gasteiger partial charge in [0.25, 0.3) is 0 Å². The fourth-order valence-electron chi connectivity index (χ4n) is 3.62. The lowest BCUT2D eigenvalue weighted by Gasteiger charge is -2.13. The maximum absolute atomic E-state index is 13.9. The molecule has 37 heavy (non-hydrogen) atoms. The van der Waals surface area contributed by atoms with E-state index in [1.54, 1.807) is 12.1 Å². The van der Waals surface area contributed by atoms with Crippen LogP contribution < -0.4 is 5.32 Å². The quantitative estimate of drug-likeness (QED) is 0.330. The summed E-state index contributed by atoms with van der Waals surface area (Å²) < 4.78 is 64.2. The topological polar surface area (TPSA) is 82.8 Å². The Kier molecular flexibility index (Phi) is 8.82. The number of nitrogens with zero attached hydrogens (tertiary/aromatic N) is 1. The van der Waals surface area contributed by atoms with E-state index in [1.165, 1.54) is 35.4 Å². The van der Waals surface area contributed by atoms with Crippen molar-refractivity contribution in [1.82, 2.24) is 4.90 Å². The molecule has 3 aromatic rings. The maximum atomic E-state index is 13.9. The molecule has 4 rings (SSSR count). The number of amides is 1. The summed E-state index contributed by atoms with van der Waals surface area (Å²) in [6.07, 6.45) is -0.119. The Morgan fingerprint density at radius 1 is 1.05 bits per heavy atom. The molecule has 1 aliphatic heterocycles. The van der Waals surface area contributed by atoms with Crippen LogP contribution in [0.4, 0.5) is 27.6 Å². The highest BCUT2D eigenvalue weighted by Gasteiger charge is 2.38. The minimum Gasteiger partial charge on any atom is -0.475 e. The second kappa shape index (κ2) is 11.8. The van der Waals surface area contributed by atoms with Gasteiger partial charge in [0.1, 0.15) is 23.2 Å². The van der Waals surface area contributed by atoms with Gasteiger partial charge in [0.15, 0.2) is 0 Å². The summed E-state index contributed by atoms with van der Waals surface area (Å²) >= 11 is 0. The van der Waals surface area contributed by atoms with Gasteiger partial charge in [-0.3, -0.25) is 4.79 Å². The summed E-state index contributed by atoms with van der Waals surface area (Å²) in [7, 11) is 2.11. The van der Waals surface area contributed by atoms with Crippen molar-refractivity contribution in [3.63, 3.8) is 0 Å². The number of alkyl halides is 3. The van der Waals surface area contributed by atoms with Gasteiger partial charge in [0.05, 0.1) is 5.56 Å². The van der Waals surface area contributed by atoms with E-state index >= 15 is 0 Å². The van der Waals surface area contributed by atoms with Crippen LogP contribution in [0.5, 0.6) is 0 Å². The fraction of sp³-hybridized carbons (Fsp3) is 0.231. The second-order valence-corrected chi connectivity index (χ2v) is 8.28. The van der Waals surface area contributed by atoms with E-state index in [0.29, 0.717) is 5.76 Å². The third-order valence-electron chi connectivity index (χ3n) is 5.36. The number of anilines is 1. The van der Waals surface area contributed by atoms with Crippen molar-refractivity contribution in [2.24, 2.45) is 0 Å². The minimum absolute atomic E-state index is 0.163. The number of carbonyl (C=O) groups excluding carboxylic acids is 1. The van der Waals surface area contributed by atoms with Gasteiger partial charge in [-0.1, -0.05) is 6.07 Å². The van der Waals surface area contributed by atoms with Gasteiger partial charge in [0, 0.05) is 24.4 Å². The summed E-state index contributed by atoms with van der Waals surface area (Å²) in [4.78, 5) is 23.5. The maximum Gasteiger partial charge on any atom is 0.490 e. The van der Waals surface area contributed by atoms with Crippen molar-refractivity contribution >= 4 is 23.6 Å². The molecule has 0 unspecified atom stereocenters. The third kappa shape index (κ3) is 8.01. The molecule has 2 N–H and O–H groups in total. The van der Waals surface area contributed by atoms with E-state index in [-0.39, 0.29) is 17.2 Å². The van der Waals surface area contributed by atoms with Gasteiger partial charge in [-0.2, -0.15) is 13.2 Å². The number of hydrogen-bond donors (Lipinski definition) is 2. The highest BCUT2D eigenvalue weighted by atomic mass is 19.4. The molecule has 1 aromatic heterocycles. The number of aryl methyl sites for hydroxylation is 1. The van der Waals surface area contributed by atoms with Crippen LogP contribution in [-0.2, 0) is 22.6 Å². The number of carboxylic acids is 1. The lowest BCUT2D eigenvalue weighted by Crippen LogP contribution is -2.21. The Labute approximate surface area is 209 Å². The standard InChI is InChI=1S/C24H22F2N2O2.C2HF3O2/c1-28-12-2-3-16-13-19(6-4-17(16)15-28)27-24(29)11-8-20-7-10-23(30-20)21-9-5-18(25)14-22(21)26;3-2(4,5)1(6)7/h4-11,13-14H,2-3,12,15H2,1H3,(H,27,29);(H,6,7)/b11-8+;. The lowest BCUT2D eigenvalue weighted by molar-refractivity contribution is -0.192. The van der Waals surface area contributed by atoms with Gasteiger partial charge in [-0.15, -0.1) is 0 Å². The van der Waals surface area contributed by atoms with Crippen LogP contribution in [0.2, 0.25) is 0 Å². The number of nitrogens with one attached hydrogen (secondary N) is 1. The number of rotatable bonds is 4. The second-order valence-electron chi connectivity index (χ2n) is 8.28. The molecule has 1 aliphatic rings. The number of halogens is 5. The van der Waals surface area contributed by atoms with E-state index in [2.05, 4.69) is 23.3 Å². The number of benzene rings is 2. The normalized spacial score (nSPS) is 13.9. The Morgan fingerprint density at radius 2 is 1.78 bits per heavy atom. The number of carboxylic acid groups (broad SMARTS) is 1. The van der Waals surface area contributed by atoms with Crippen molar-refractivity contribution in [1.29, 1.82) is 0 Å². The molecule has 2 heterocycles. The minimum atomic E-state index is -5.08. The SMILES string of the molecule is CN1CCCc2cc(NC(=O)/C=C/c3ccc(-c4ccc(F)cc4F)o3)ccc2C1.O=C(O)C(F)(F)F. The van der Waals surface area contributed by atoms with Crippen LogP contribution >= 0.6 is 0 Å². The van der Waals surface area contributed by atoms with Crippen LogP contribution in [0.1, 0.15) is 23.3 Å². The molecule has 1 amide bonds. The Bertz CT molecular complexity index is 1300. The van der Waals surface area contributed by atoms with Crippen LogP contribution in [0.3, 0.4) is 0 Å². The molecule has 0 fully saturated rings. The van der Waals surface area contributed by atoms with Gasteiger partial charge in [-0.05, 0) is 80.0 Å². The van der Waals surface area contributed by atoms with E-state index in [4.69, 9.17) is 14.3 Å². The van der Waals surface area contributed by atoms with Gasteiger partial charge >= 0.3 is 12.1 Å². The van der Waals surface area contributed by atoms with Crippen LogP contribution in [-0.4, -0.2) is 41.7 Å². The highest BCUT2D eigenvalue weighted by molar-refractivity contribution is 6.01. The molecular formula is C26H23F5N2O4. The summed E-state index contributed by atoms with van der Waals surface area (Å²) in [6.45, 7) is 1.98. The van der Waals surface area contributed by atoms with Crippen molar-refractivity contribution in [2.75, 3.05) is 18.9 Å². The molecular weight excluding hydrogens is 499 g/mol. The van der Waals surface area contributed by atoms with Gasteiger partial charge < -0.3 is 19.7 Å². The van der Waals surface area contributed by atoms with Crippen molar-refractivity contribution in [3.8, 4) is 11.3 Å². The highest BCUT2D eigenvalue weighted by Crippen LogP contribution is 2.26. The number of hydrogen-bond acceptors (Lipinski definition) is 4. The lowest BCUT2D eigenvalue weighted by atomic mass is 10.0. The molecule has 0 atom stereocenters. The summed E-state index contributed by atoms with van der Waals surface area (Å²) in [5, 5.41) is 9.99. The van der Waals surface area contributed by atoms with E-state index in [9.17, 15) is 26.7 Å². The first-order valence-electron chi connectivity index (χ1n) is 11.1. The number of aliphatic carboxylic acids is 1. The number of furan rings is 1. The average molecular weight is 522 g/mol. The zero-order valence-electron chi connectivity index (χ0n) is 19.6. The summed E-state index contributed by atoms with van der Waals surface area (Å²) in [5.74, 6) is -3.73. The molecule has 11 heteroatoms. The van der Waals surface area contributed by atoms with Crippen LogP contribution in [0.15, 0.2) is 59.0 Å². The van der Waals surface area contributed by atoms with E-state index in [1.807, 2.05) is 12.1 Å². The smallest absolute Gasteiger partial charge is 0.475 e. The zero-order valence-corrected chi connectivity index (χ0v) is 19.6. The summed E-state index contributed by atoms with van der Waals surface area (Å²) in [6, 6.07) is 12.5. The fourth-order valence-corrected chi connectivity index (χ4v) is 3.62. The molecule has 0 spiro atoms. The molecule has 0 saturated carbocycles. The van der Waals surface area contributed by atoms with Gasteiger partial charge in [0.2, 0.25) is 5.91 Å². The predicted molar refractivity (Wildman–Crippen MR) is 127 cm³/mol. The first kappa shape index (κ1) is 27.6. The molecule has 0 saturated heterocycles. The number of carbonyl (C=O) groups is 2. The molecule has 6 nitrogen and oxygen atoms in total. The molecule has 2 aromatic carbocycles. The first-order valence-corrected chi connectivity index (χ1v) is 11.1. The number of fused-ring (bicyclic) bond motifs is 1. The van der Waals surface area contributed by atoms with Crippen molar-refractivity contribution in [3.05, 3.63) is 83.1 Å². The zero-order chi connectivity index (χ0) is 27.2. The van der Waals surface area contributed by atoms with Gasteiger partial charge in [-0.25, -0.2) is 13.6 Å². The molecule has 196 valence electrons. The Balaban J connectivity index is 0.000000479. The van der Waals surface area contributed by atoms with Crippen molar-refractivity contribution in [2.45, 2.75) is 25.6 Å². The third-order valence-corrected chi connectivity index (χ3v) is 5.36. The van der Waals surface area contributed by atoms with Crippen LogP contribution in [0, 0.1) is 11.6 Å². The van der Waals surface area contributed by atoms with Crippen LogP contribution in [0.25, 0.3) is 17.4 Å². The Morgan fingerprint density at radius 3 is 2.46 bits per heavy atom. The largest absolute Gasteiger partial charge is 0.490 e. The van der Waals surface area contributed by atoms with Crippen molar-refractivity contribution < 1.29 is 41.1 Å². The van der Waals surface area contributed by atoms with E-state index < -0.39 is 23.8 Å². The molecule has 0 bridgehead atoms. The predicted octanol–water partition coefficient (Wildman–Crippen LogP) is 5.89. The molecule has 0 aliphatic carbocycles. The van der Waals surface area contributed by atoms with E-state index in [0.717, 1.165) is 37.7 Å².